The van der Waals surface area contributed by atoms with Gasteiger partial charge >= 0.3 is 0 Å². The first-order chi connectivity index (χ1) is 6.24. The monoisotopic (exact) mass is 185 g/mol. The zero-order chi connectivity index (χ0) is 9.68. The maximum absolute atomic E-state index is 5.89. The van der Waals surface area contributed by atoms with E-state index in [2.05, 4.69) is 26.1 Å². The Kier molecular flexibility index (Phi) is 4.74. The summed E-state index contributed by atoms with van der Waals surface area (Å²) in [6.45, 7) is 7.47. The molecule has 0 bridgehead atoms. The van der Waals surface area contributed by atoms with Gasteiger partial charge in [0.2, 0.25) is 0 Å². The van der Waals surface area contributed by atoms with Crippen LogP contribution in [0.3, 0.4) is 0 Å². The van der Waals surface area contributed by atoms with E-state index >= 15 is 0 Å². The molecule has 0 heterocycles. The molecule has 0 aliphatic heterocycles. The summed E-state index contributed by atoms with van der Waals surface area (Å²) in [5.74, 6) is 0. The first-order valence-electron chi connectivity index (χ1n) is 5.63. The fourth-order valence-corrected chi connectivity index (χ4v) is 2.11. The molecule has 1 fully saturated rings. The van der Waals surface area contributed by atoms with Crippen LogP contribution in [0.25, 0.3) is 0 Å². The van der Waals surface area contributed by atoms with Crippen LogP contribution in [0, 0.1) is 0 Å². The van der Waals surface area contributed by atoms with Gasteiger partial charge in [-0.3, -0.25) is 0 Å². The lowest BCUT2D eigenvalue weighted by Crippen LogP contribution is -2.44. The number of ether oxygens (including phenoxy) is 1. The Hall–Kier alpha value is -0.0800. The van der Waals surface area contributed by atoms with E-state index in [0.29, 0.717) is 18.2 Å². The quantitative estimate of drug-likeness (QED) is 0.726. The lowest BCUT2D eigenvalue weighted by Gasteiger charge is -2.33. The van der Waals surface area contributed by atoms with Gasteiger partial charge in [-0.1, -0.05) is 19.8 Å². The topological polar surface area (TPSA) is 21.3 Å². The van der Waals surface area contributed by atoms with Crippen molar-refractivity contribution >= 4 is 0 Å². The molecule has 0 saturated heterocycles. The van der Waals surface area contributed by atoms with Gasteiger partial charge in [0.05, 0.1) is 12.2 Å². The van der Waals surface area contributed by atoms with Gasteiger partial charge in [0.15, 0.2) is 0 Å². The van der Waals surface area contributed by atoms with E-state index in [9.17, 15) is 0 Å². The summed E-state index contributed by atoms with van der Waals surface area (Å²) in [7, 11) is 0. The zero-order valence-electron chi connectivity index (χ0n) is 9.18. The molecule has 1 saturated carbocycles. The second-order valence-electron chi connectivity index (χ2n) is 4.17. The van der Waals surface area contributed by atoms with Crippen LogP contribution in [0.2, 0.25) is 0 Å². The summed E-state index contributed by atoms with van der Waals surface area (Å²) in [5, 5.41) is 3.51. The van der Waals surface area contributed by atoms with Crippen LogP contribution in [0.4, 0.5) is 0 Å². The second kappa shape index (κ2) is 5.61. The van der Waals surface area contributed by atoms with Crippen LogP contribution in [-0.4, -0.2) is 24.8 Å². The average molecular weight is 185 g/mol. The van der Waals surface area contributed by atoms with Crippen LogP contribution < -0.4 is 5.32 Å². The molecular weight excluding hydrogens is 162 g/mol. The predicted octanol–water partition coefficient (Wildman–Crippen LogP) is 2.33. The van der Waals surface area contributed by atoms with Crippen molar-refractivity contribution in [1.82, 2.24) is 5.32 Å². The van der Waals surface area contributed by atoms with Gasteiger partial charge in [-0.05, 0) is 33.2 Å². The van der Waals surface area contributed by atoms with Gasteiger partial charge in [-0.15, -0.1) is 0 Å². The van der Waals surface area contributed by atoms with Gasteiger partial charge in [0, 0.05) is 6.04 Å². The van der Waals surface area contributed by atoms with E-state index in [4.69, 9.17) is 4.74 Å². The smallest absolute Gasteiger partial charge is 0.0731 e. The Balaban J connectivity index is 2.36. The summed E-state index contributed by atoms with van der Waals surface area (Å²) >= 11 is 0. The maximum Gasteiger partial charge on any atom is 0.0731 e. The molecule has 0 spiro atoms. The molecule has 1 rings (SSSR count). The van der Waals surface area contributed by atoms with Gasteiger partial charge in [0.1, 0.15) is 0 Å². The summed E-state index contributed by atoms with van der Waals surface area (Å²) < 4.78 is 5.89. The molecule has 2 heteroatoms. The molecule has 0 aromatic carbocycles. The molecule has 2 unspecified atom stereocenters. The van der Waals surface area contributed by atoms with Gasteiger partial charge in [-0.25, -0.2) is 0 Å². The largest absolute Gasteiger partial charge is 0.374 e. The SMILES string of the molecule is CCNC1CCCCC1OC(C)C. The van der Waals surface area contributed by atoms with Crippen molar-refractivity contribution in [2.24, 2.45) is 0 Å². The third kappa shape index (κ3) is 3.65. The number of hydrogen-bond donors (Lipinski definition) is 1. The Morgan fingerprint density at radius 1 is 1.31 bits per heavy atom. The van der Waals surface area contributed by atoms with Gasteiger partial charge in [0.25, 0.3) is 0 Å². The molecule has 1 N–H and O–H groups in total. The summed E-state index contributed by atoms with van der Waals surface area (Å²) in [6.07, 6.45) is 6.02. The molecular formula is C11H23NO. The fourth-order valence-electron chi connectivity index (χ4n) is 2.11. The molecule has 78 valence electrons. The van der Waals surface area contributed by atoms with Gasteiger partial charge in [-0.2, -0.15) is 0 Å². The van der Waals surface area contributed by atoms with Gasteiger partial charge < -0.3 is 10.1 Å². The van der Waals surface area contributed by atoms with Crippen molar-refractivity contribution in [3.63, 3.8) is 0 Å². The third-order valence-electron chi connectivity index (χ3n) is 2.62. The molecule has 0 radical (unpaired) electrons. The van der Waals surface area contributed by atoms with E-state index in [1.807, 2.05) is 0 Å². The number of rotatable bonds is 4. The van der Waals surface area contributed by atoms with E-state index < -0.39 is 0 Å². The van der Waals surface area contributed by atoms with Crippen molar-refractivity contribution in [2.45, 2.75) is 64.7 Å². The van der Waals surface area contributed by atoms with E-state index in [-0.39, 0.29) is 0 Å². The highest BCUT2D eigenvalue weighted by molar-refractivity contribution is 4.81. The molecule has 1 aliphatic carbocycles. The first kappa shape index (κ1) is 11.0. The van der Waals surface area contributed by atoms with E-state index in [1.54, 1.807) is 0 Å². The van der Waals surface area contributed by atoms with Crippen LogP contribution in [-0.2, 0) is 4.74 Å². The van der Waals surface area contributed by atoms with E-state index in [1.165, 1.54) is 25.7 Å². The molecule has 2 atom stereocenters. The standard InChI is InChI=1S/C11H23NO/c1-4-12-10-7-5-6-8-11(10)13-9(2)3/h9-12H,4-8H2,1-3H3. The molecule has 13 heavy (non-hydrogen) atoms. The molecule has 1 aliphatic rings. The summed E-state index contributed by atoms with van der Waals surface area (Å²) in [4.78, 5) is 0. The predicted molar refractivity (Wildman–Crippen MR) is 55.9 cm³/mol. The highest BCUT2D eigenvalue weighted by Crippen LogP contribution is 2.22. The highest BCUT2D eigenvalue weighted by atomic mass is 16.5. The second-order valence-corrected chi connectivity index (χ2v) is 4.17. The fraction of sp³-hybridized carbons (Fsp3) is 1.00. The summed E-state index contributed by atoms with van der Waals surface area (Å²) in [6, 6.07) is 0.598. The lowest BCUT2D eigenvalue weighted by atomic mass is 9.92. The van der Waals surface area contributed by atoms with Crippen molar-refractivity contribution in [2.75, 3.05) is 6.54 Å². The van der Waals surface area contributed by atoms with Crippen LogP contribution in [0.1, 0.15) is 46.5 Å². The van der Waals surface area contributed by atoms with Crippen LogP contribution in [0.5, 0.6) is 0 Å². The van der Waals surface area contributed by atoms with E-state index in [0.717, 1.165) is 6.54 Å². The first-order valence-corrected chi connectivity index (χ1v) is 5.63. The highest BCUT2D eigenvalue weighted by Gasteiger charge is 2.25. The normalized spacial score (nSPS) is 29.5. The minimum Gasteiger partial charge on any atom is -0.374 e. The number of nitrogens with one attached hydrogen (secondary N) is 1. The average Bonchev–Trinajstić information content (AvgIpc) is 2.08. The lowest BCUT2D eigenvalue weighted by molar-refractivity contribution is -0.0304. The Morgan fingerprint density at radius 3 is 2.62 bits per heavy atom. The molecule has 0 aromatic heterocycles. The Labute approximate surface area is 82.0 Å². The Bertz CT molecular complexity index is 134. The van der Waals surface area contributed by atoms with Crippen LogP contribution in [0.15, 0.2) is 0 Å². The minimum absolute atomic E-state index is 0.365. The minimum atomic E-state index is 0.365. The maximum atomic E-state index is 5.89. The third-order valence-corrected chi connectivity index (χ3v) is 2.62. The summed E-state index contributed by atoms with van der Waals surface area (Å²) in [5.41, 5.74) is 0. The Morgan fingerprint density at radius 2 is 2.00 bits per heavy atom. The zero-order valence-corrected chi connectivity index (χ0v) is 9.18. The molecule has 2 nitrogen and oxygen atoms in total. The number of hydrogen-bond acceptors (Lipinski definition) is 2. The number of likely N-dealkylation sites (N-methyl/N-ethyl adjacent to an activating group) is 1. The van der Waals surface area contributed by atoms with Crippen molar-refractivity contribution in [3.05, 3.63) is 0 Å². The van der Waals surface area contributed by atoms with Crippen molar-refractivity contribution < 1.29 is 4.74 Å². The molecule has 0 amide bonds. The van der Waals surface area contributed by atoms with Crippen molar-refractivity contribution in [3.8, 4) is 0 Å². The van der Waals surface area contributed by atoms with Crippen molar-refractivity contribution in [1.29, 1.82) is 0 Å². The molecule has 0 aromatic rings. The van der Waals surface area contributed by atoms with Crippen LogP contribution >= 0.6 is 0 Å².